The van der Waals surface area contributed by atoms with Crippen LogP contribution in [0.5, 0.6) is 0 Å². The molecule has 2 N–H and O–H groups in total. The number of aromatic amines is 1. The van der Waals surface area contributed by atoms with Gasteiger partial charge in [0.25, 0.3) is 5.56 Å². The quantitative estimate of drug-likeness (QED) is 0.314. The van der Waals surface area contributed by atoms with E-state index >= 15 is 0 Å². The fraction of sp³-hybridized carbons (Fsp3) is 0.0909. The minimum absolute atomic E-state index is 0.0224. The second kappa shape index (κ2) is 8.68. The summed E-state index contributed by atoms with van der Waals surface area (Å²) in [5.74, 6) is 0.488. The van der Waals surface area contributed by atoms with Crippen LogP contribution < -0.4 is 38.2 Å². The lowest BCUT2D eigenvalue weighted by Gasteiger charge is -2.27. The Hall–Kier alpha value is -3.39. The third kappa shape index (κ3) is 3.67. The van der Waals surface area contributed by atoms with Gasteiger partial charge in [-0.2, -0.15) is 0 Å². The molecule has 35 heavy (non-hydrogen) atoms. The number of fused-ring (bicyclic) bond motifs is 2. The second-order valence-corrected chi connectivity index (χ2v) is 8.43. The summed E-state index contributed by atoms with van der Waals surface area (Å²) >= 11 is 6.41. The van der Waals surface area contributed by atoms with Crippen LogP contribution in [0.1, 0.15) is 18.7 Å². The van der Waals surface area contributed by atoms with Crippen molar-refractivity contribution in [1.29, 1.82) is 0 Å². The number of nitrogens with one attached hydrogen (secondary N) is 2. The maximum Gasteiger partial charge on any atom is 0.264 e. The van der Waals surface area contributed by atoms with Crippen molar-refractivity contribution in [1.82, 2.24) is 24.5 Å². The molecule has 2 aromatic carbocycles. The van der Waals surface area contributed by atoms with Gasteiger partial charge in [-0.25, -0.2) is 15.0 Å². The van der Waals surface area contributed by atoms with E-state index in [1.165, 1.54) is 17.2 Å². The van der Waals surface area contributed by atoms with E-state index in [1.54, 1.807) is 18.2 Å². The number of hydrogen-bond acceptors (Lipinski definition) is 5. The molecular weight excluding hydrogens is 454 g/mol. The zero-order valence-corrected chi connectivity index (χ0v) is 19.3. The van der Waals surface area contributed by atoms with Crippen molar-refractivity contribution in [3.05, 3.63) is 58.0 Å². The first-order valence-corrected chi connectivity index (χ1v) is 10.8. The minimum atomic E-state index is -0.494. The van der Waals surface area contributed by atoms with Gasteiger partial charge >= 0.3 is 0 Å². The van der Waals surface area contributed by atoms with E-state index in [2.05, 4.69) is 25.3 Å². The van der Waals surface area contributed by atoms with Crippen LogP contribution in [0.3, 0.4) is 0 Å². The molecule has 0 fully saturated rings. The number of pyridine rings is 1. The lowest BCUT2D eigenvalue weighted by Crippen LogP contribution is -2.57. The Balaban J connectivity index is 1.81. The number of benzene rings is 2. The summed E-state index contributed by atoms with van der Waals surface area (Å²) in [4.78, 5) is 29.5. The smallest absolute Gasteiger partial charge is 0.264 e. The van der Waals surface area contributed by atoms with Gasteiger partial charge in [-0.1, -0.05) is 34.7 Å². The Kier molecular flexibility index (Phi) is 5.79. The fourth-order valence-corrected chi connectivity index (χ4v) is 4.38. The molecule has 0 aliphatic heterocycles. The van der Waals surface area contributed by atoms with Crippen LogP contribution in [0.2, 0.25) is 5.02 Å². The summed E-state index contributed by atoms with van der Waals surface area (Å²) in [6.45, 7) is 1.85. The van der Waals surface area contributed by atoms with Gasteiger partial charge in [0.2, 0.25) is 0 Å². The molecule has 0 saturated heterocycles. The van der Waals surface area contributed by atoms with E-state index in [9.17, 15) is 4.79 Å². The molecule has 1 atom stereocenters. The number of rotatable bonds is 4. The predicted octanol–water partition coefficient (Wildman–Crippen LogP) is -1.55. The van der Waals surface area contributed by atoms with Crippen LogP contribution >= 0.6 is 11.6 Å². The van der Waals surface area contributed by atoms with E-state index in [-0.39, 0.29) is 43.4 Å². The molecule has 158 valence electrons. The zero-order chi connectivity index (χ0) is 25.0. The van der Waals surface area contributed by atoms with Crippen molar-refractivity contribution in [2.24, 2.45) is 0 Å². The fourth-order valence-electron chi connectivity index (χ4n) is 4.12. The van der Waals surface area contributed by atoms with Crippen molar-refractivity contribution in [2.45, 2.75) is 13.0 Å². The van der Waals surface area contributed by atoms with Crippen LogP contribution in [0.4, 0.5) is 5.82 Å². The van der Waals surface area contributed by atoms with Gasteiger partial charge in [-0.15, -0.1) is 16.4 Å². The van der Waals surface area contributed by atoms with Crippen molar-refractivity contribution in [3.63, 3.8) is 0 Å². The molecule has 5 rings (SSSR count). The molecule has 0 saturated carbocycles. The van der Waals surface area contributed by atoms with Gasteiger partial charge in [0.1, 0.15) is 51.1 Å². The van der Waals surface area contributed by atoms with Crippen LogP contribution in [0.25, 0.3) is 27.6 Å². The van der Waals surface area contributed by atoms with Crippen molar-refractivity contribution in [2.75, 3.05) is 5.32 Å². The largest absolute Gasteiger partial charge is 0.360 e. The minimum Gasteiger partial charge on any atom is -0.360 e. The lowest BCUT2D eigenvalue weighted by atomic mass is 9.61. The highest BCUT2D eigenvalue weighted by Gasteiger charge is 2.22. The van der Waals surface area contributed by atoms with Gasteiger partial charge in [-0.3, -0.25) is 9.36 Å². The van der Waals surface area contributed by atoms with E-state index in [4.69, 9.17) is 50.8 Å². The van der Waals surface area contributed by atoms with Crippen LogP contribution in [-0.4, -0.2) is 63.7 Å². The summed E-state index contributed by atoms with van der Waals surface area (Å²) in [7, 11) is 30.9. The lowest BCUT2D eigenvalue weighted by molar-refractivity contribution is 0.777. The van der Waals surface area contributed by atoms with Gasteiger partial charge in [0.05, 0.1) is 22.8 Å². The summed E-state index contributed by atoms with van der Waals surface area (Å²) in [5, 5.41) is 4.49. The van der Waals surface area contributed by atoms with Gasteiger partial charge in [0, 0.05) is 11.4 Å². The highest BCUT2D eigenvalue weighted by molar-refractivity contribution is 6.68. The molecule has 0 spiro atoms. The Bertz CT molecular complexity index is 1670. The molecule has 3 heterocycles. The maximum atomic E-state index is 13.9. The summed E-state index contributed by atoms with van der Waals surface area (Å²) in [5.41, 5.74) is 1.42. The zero-order valence-electron chi connectivity index (χ0n) is 18.5. The van der Waals surface area contributed by atoms with E-state index in [0.29, 0.717) is 28.1 Å². The molecule has 3 aromatic heterocycles. The molecule has 5 aromatic rings. The topological polar surface area (TPSA) is 88.5 Å². The standard InChI is InChI=1S/C22H12B5ClN6O/c1-8(33-21-18-20(30-6-29-18)31-7-32-21)11-5-9-3-2-4-10(28)12(9)22(35)34(11)19-16(26)14(24)13(23)15(25)17(19)27/h2-8H,1H3,(H2,29,30,31,32,33)/t8-/m0/s1. The van der Waals surface area contributed by atoms with Crippen molar-refractivity contribution in [3.8, 4) is 5.69 Å². The summed E-state index contributed by atoms with van der Waals surface area (Å²) in [6.07, 6.45) is 2.91. The first-order valence-electron chi connectivity index (χ1n) is 10.5. The molecule has 0 aliphatic rings. The summed E-state index contributed by atoms with van der Waals surface area (Å²) in [6, 6.07) is 6.50. The molecule has 10 radical (unpaired) electrons. The molecule has 0 amide bonds. The van der Waals surface area contributed by atoms with Crippen molar-refractivity contribution < 1.29 is 0 Å². The maximum absolute atomic E-state index is 13.9. The van der Waals surface area contributed by atoms with Gasteiger partial charge < -0.3 is 10.3 Å². The molecule has 0 unspecified atom stereocenters. The number of anilines is 1. The number of hydrogen-bond donors (Lipinski definition) is 2. The van der Waals surface area contributed by atoms with Gasteiger partial charge in [-0.05, 0) is 24.4 Å². The average Bonchev–Trinajstić information content (AvgIpc) is 3.32. The molecule has 7 nitrogen and oxygen atoms in total. The second-order valence-electron chi connectivity index (χ2n) is 8.02. The highest BCUT2D eigenvalue weighted by atomic mass is 35.5. The van der Waals surface area contributed by atoms with E-state index in [0.717, 1.165) is 0 Å². The van der Waals surface area contributed by atoms with Crippen LogP contribution in [-0.2, 0) is 0 Å². The number of halogens is 1. The Morgan fingerprint density at radius 3 is 2.40 bits per heavy atom. The third-order valence-electron chi connectivity index (χ3n) is 5.94. The summed E-state index contributed by atoms with van der Waals surface area (Å²) < 4.78 is 1.36. The number of aromatic nitrogens is 5. The van der Waals surface area contributed by atoms with E-state index < -0.39 is 11.6 Å². The Morgan fingerprint density at radius 2 is 1.69 bits per heavy atom. The number of H-pyrrole nitrogens is 1. The SMILES string of the molecule is [B]c1c([B])c([B])c(-n2c([C@H](C)Nc3ncnc4nc[nH]c34)cc3cccc(Cl)c3c2=O)c([B])c1[B]. The predicted molar refractivity (Wildman–Crippen MR) is 145 cm³/mol. The number of nitrogens with zero attached hydrogens (tertiary/aromatic N) is 4. The molecule has 0 bridgehead atoms. The normalized spacial score (nSPS) is 12.3. The molecule has 0 aliphatic carbocycles. The van der Waals surface area contributed by atoms with Crippen molar-refractivity contribution >= 4 is 106 Å². The van der Waals surface area contributed by atoms with E-state index in [1.807, 2.05) is 13.0 Å². The van der Waals surface area contributed by atoms with Crippen LogP contribution in [0.15, 0.2) is 41.7 Å². The Labute approximate surface area is 212 Å². The average molecular weight is 466 g/mol. The van der Waals surface area contributed by atoms with Gasteiger partial charge in [0.15, 0.2) is 11.5 Å². The molecular formula is C22H12B5ClN6O. The number of imidazole rings is 1. The third-order valence-corrected chi connectivity index (χ3v) is 6.25. The monoisotopic (exact) mass is 466 g/mol. The first-order chi connectivity index (χ1) is 16.7. The highest BCUT2D eigenvalue weighted by Crippen LogP contribution is 2.27. The molecule has 13 heteroatoms. The van der Waals surface area contributed by atoms with Crippen LogP contribution in [0, 0.1) is 0 Å². The Morgan fingerprint density at radius 1 is 1.00 bits per heavy atom. The first kappa shape index (κ1) is 23.4.